The second-order valence-electron chi connectivity index (χ2n) is 5.23. The largest absolute Gasteiger partial charge is 0.505 e. The van der Waals surface area contributed by atoms with Gasteiger partial charge >= 0.3 is 0 Å². The Bertz CT molecular complexity index is 667. The van der Waals surface area contributed by atoms with E-state index in [1.165, 1.54) is 0 Å². The predicted octanol–water partition coefficient (Wildman–Crippen LogP) is 1.33. The summed E-state index contributed by atoms with van der Waals surface area (Å²) in [5, 5.41) is 9.94. The maximum atomic E-state index is 12.5. The van der Waals surface area contributed by atoms with E-state index in [1.54, 1.807) is 35.5 Å². The molecule has 0 radical (unpaired) electrons. The maximum absolute atomic E-state index is 12.5. The number of phenols is 1. The van der Waals surface area contributed by atoms with Crippen LogP contribution in [0.4, 0.5) is 11.4 Å². The van der Waals surface area contributed by atoms with Gasteiger partial charge in [0.2, 0.25) is 0 Å². The molecule has 1 saturated heterocycles. The number of para-hydroxylation sites is 1. The molecule has 1 aliphatic rings. The summed E-state index contributed by atoms with van der Waals surface area (Å²) in [6.07, 6.45) is 3.52. The molecule has 1 amide bonds. The number of carbonyl (C=O) groups excluding carboxylic acids is 1. The van der Waals surface area contributed by atoms with Crippen molar-refractivity contribution in [1.29, 1.82) is 0 Å². The number of hydrogen-bond acceptors (Lipinski definition) is 5. The molecule has 22 heavy (non-hydrogen) atoms. The van der Waals surface area contributed by atoms with E-state index in [1.807, 2.05) is 12.1 Å². The zero-order valence-corrected chi connectivity index (χ0v) is 12.1. The van der Waals surface area contributed by atoms with E-state index in [2.05, 4.69) is 9.88 Å². The van der Waals surface area contributed by atoms with Gasteiger partial charge in [0.15, 0.2) is 5.75 Å². The molecule has 2 heterocycles. The number of aromatic hydroxyl groups is 1. The average Bonchev–Trinajstić information content (AvgIpc) is 2.58. The first kappa shape index (κ1) is 14.2. The summed E-state index contributed by atoms with van der Waals surface area (Å²) in [4.78, 5) is 20.5. The summed E-state index contributed by atoms with van der Waals surface area (Å²) in [6.45, 7) is 2.71. The molecule has 3 N–H and O–H groups in total. The van der Waals surface area contributed by atoms with E-state index in [0.29, 0.717) is 13.1 Å². The van der Waals surface area contributed by atoms with Crippen LogP contribution in [0.2, 0.25) is 0 Å². The van der Waals surface area contributed by atoms with Crippen molar-refractivity contribution in [2.24, 2.45) is 0 Å². The third kappa shape index (κ3) is 2.67. The Balaban J connectivity index is 1.69. The highest BCUT2D eigenvalue weighted by molar-refractivity contribution is 5.98. The Hall–Kier alpha value is -2.76. The maximum Gasteiger partial charge on any atom is 0.257 e. The molecule has 6 heteroatoms. The fourth-order valence-corrected chi connectivity index (χ4v) is 2.63. The van der Waals surface area contributed by atoms with Crippen LogP contribution in [-0.4, -0.2) is 47.1 Å². The normalized spacial score (nSPS) is 14.9. The van der Waals surface area contributed by atoms with Crippen LogP contribution in [0.5, 0.6) is 5.75 Å². The van der Waals surface area contributed by atoms with Gasteiger partial charge in [0.1, 0.15) is 0 Å². The number of hydrogen-bond donors (Lipinski definition) is 2. The first-order valence-corrected chi connectivity index (χ1v) is 7.18. The second-order valence-corrected chi connectivity index (χ2v) is 5.23. The SMILES string of the molecule is Nc1cccc(C(=O)N2CCN(c3ccncc3)CC2)c1O. The fourth-order valence-electron chi connectivity index (χ4n) is 2.63. The first-order chi connectivity index (χ1) is 10.7. The molecule has 0 aliphatic carbocycles. The number of aromatic nitrogens is 1. The highest BCUT2D eigenvalue weighted by Gasteiger charge is 2.24. The van der Waals surface area contributed by atoms with Crippen LogP contribution in [0.25, 0.3) is 0 Å². The van der Waals surface area contributed by atoms with E-state index >= 15 is 0 Å². The zero-order valence-electron chi connectivity index (χ0n) is 12.1. The second kappa shape index (κ2) is 5.93. The van der Waals surface area contributed by atoms with Gasteiger partial charge in [-0.25, -0.2) is 0 Å². The first-order valence-electron chi connectivity index (χ1n) is 7.18. The van der Waals surface area contributed by atoms with Gasteiger partial charge in [0, 0.05) is 44.3 Å². The Morgan fingerprint density at radius 3 is 2.45 bits per heavy atom. The van der Waals surface area contributed by atoms with Crippen LogP contribution in [0, 0.1) is 0 Å². The molecule has 6 nitrogen and oxygen atoms in total. The quantitative estimate of drug-likeness (QED) is 0.645. The van der Waals surface area contributed by atoms with Crippen LogP contribution in [0.15, 0.2) is 42.7 Å². The smallest absolute Gasteiger partial charge is 0.257 e. The summed E-state index contributed by atoms with van der Waals surface area (Å²) < 4.78 is 0. The Morgan fingerprint density at radius 2 is 1.77 bits per heavy atom. The molecule has 0 spiro atoms. The number of phenolic OH excluding ortho intramolecular Hbond substituents is 1. The monoisotopic (exact) mass is 298 g/mol. The molecular weight excluding hydrogens is 280 g/mol. The molecular formula is C16H18N4O2. The molecule has 3 rings (SSSR count). The van der Waals surface area contributed by atoms with Crippen LogP contribution < -0.4 is 10.6 Å². The molecule has 0 unspecified atom stereocenters. The Kier molecular flexibility index (Phi) is 3.82. The van der Waals surface area contributed by atoms with Gasteiger partial charge < -0.3 is 20.6 Å². The van der Waals surface area contributed by atoms with Crippen LogP contribution >= 0.6 is 0 Å². The minimum absolute atomic E-state index is 0.135. The lowest BCUT2D eigenvalue weighted by Crippen LogP contribution is -2.48. The highest BCUT2D eigenvalue weighted by Crippen LogP contribution is 2.26. The summed E-state index contributed by atoms with van der Waals surface area (Å²) in [5.74, 6) is -0.316. The number of rotatable bonds is 2. The van der Waals surface area contributed by atoms with Crippen LogP contribution in [0.1, 0.15) is 10.4 Å². The number of nitrogen functional groups attached to an aromatic ring is 1. The van der Waals surface area contributed by atoms with Gasteiger partial charge in [-0.15, -0.1) is 0 Å². The number of anilines is 2. The van der Waals surface area contributed by atoms with Crippen LogP contribution in [-0.2, 0) is 0 Å². The number of piperazine rings is 1. The molecule has 1 fully saturated rings. The lowest BCUT2D eigenvalue weighted by atomic mass is 10.1. The number of amides is 1. The van der Waals surface area contributed by atoms with Crippen molar-refractivity contribution >= 4 is 17.3 Å². The minimum Gasteiger partial charge on any atom is -0.505 e. The minimum atomic E-state index is -0.181. The van der Waals surface area contributed by atoms with Gasteiger partial charge in [-0.3, -0.25) is 9.78 Å². The Morgan fingerprint density at radius 1 is 1.09 bits per heavy atom. The average molecular weight is 298 g/mol. The zero-order chi connectivity index (χ0) is 15.5. The van der Waals surface area contributed by atoms with Crippen molar-refractivity contribution in [1.82, 2.24) is 9.88 Å². The van der Waals surface area contributed by atoms with Crippen molar-refractivity contribution in [2.75, 3.05) is 36.8 Å². The van der Waals surface area contributed by atoms with Crippen molar-refractivity contribution < 1.29 is 9.90 Å². The van der Waals surface area contributed by atoms with E-state index in [4.69, 9.17) is 5.73 Å². The molecule has 1 aliphatic heterocycles. The third-order valence-electron chi connectivity index (χ3n) is 3.89. The topological polar surface area (TPSA) is 82.7 Å². The summed E-state index contributed by atoms with van der Waals surface area (Å²) >= 11 is 0. The van der Waals surface area contributed by atoms with Crippen molar-refractivity contribution in [3.05, 3.63) is 48.3 Å². The summed E-state index contributed by atoms with van der Waals surface area (Å²) in [5.41, 5.74) is 7.24. The molecule has 2 aromatic rings. The number of nitrogens with two attached hydrogens (primary N) is 1. The molecule has 114 valence electrons. The number of nitrogens with zero attached hydrogens (tertiary/aromatic N) is 3. The number of carbonyl (C=O) groups is 1. The molecule has 0 bridgehead atoms. The number of benzene rings is 1. The van der Waals surface area contributed by atoms with Crippen LogP contribution in [0.3, 0.4) is 0 Å². The lowest BCUT2D eigenvalue weighted by molar-refractivity contribution is 0.0744. The lowest BCUT2D eigenvalue weighted by Gasteiger charge is -2.36. The van der Waals surface area contributed by atoms with Crippen molar-refractivity contribution in [2.45, 2.75) is 0 Å². The van der Waals surface area contributed by atoms with E-state index in [9.17, 15) is 9.90 Å². The van der Waals surface area contributed by atoms with Gasteiger partial charge in [-0.1, -0.05) is 6.07 Å². The standard InChI is InChI=1S/C16H18N4O2/c17-14-3-1-2-13(15(14)21)16(22)20-10-8-19(9-11-20)12-4-6-18-7-5-12/h1-7,21H,8-11,17H2. The van der Waals surface area contributed by atoms with Gasteiger partial charge in [-0.2, -0.15) is 0 Å². The Labute approximate surface area is 128 Å². The summed E-state index contributed by atoms with van der Waals surface area (Å²) in [7, 11) is 0. The van der Waals surface area contributed by atoms with E-state index < -0.39 is 0 Å². The molecule has 1 aromatic carbocycles. The molecule has 0 saturated carbocycles. The third-order valence-corrected chi connectivity index (χ3v) is 3.89. The van der Waals surface area contributed by atoms with Gasteiger partial charge in [-0.05, 0) is 24.3 Å². The highest BCUT2D eigenvalue weighted by atomic mass is 16.3. The molecule has 1 aromatic heterocycles. The summed E-state index contributed by atoms with van der Waals surface area (Å²) in [6, 6.07) is 8.77. The number of pyridine rings is 1. The predicted molar refractivity (Wildman–Crippen MR) is 84.9 cm³/mol. The van der Waals surface area contributed by atoms with Gasteiger partial charge in [0.05, 0.1) is 11.3 Å². The van der Waals surface area contributed by atoms with Crippen molar-refractivity contribution in [3.8, 4) is 5.75 Å². The fraction of sp³-hybridized carbons (Fsp3) is 0.250. The van der Waals surface area contributed by atoms with Crippen molar-refractivity contribution in [3.63, 3.8) is 0 Å². The van der Waals surface area contributed by atoms with E-state index in [0.717, 1.165) is 18.8 Å². The molecule has 0 atom stereocenters. The van der Waals surface area contributed by atoms with Gasteiger partial charge in [0.25, 0.3) is 5.91 Å². The van der Waals surface area contributed by atoms with E-state index in [-0.39, 0.29) is 22.9 Å².